The SMILES string of the molecule is CCOC(C)(C)C(C)(CC(C)C(C)(C)NC)c1ccccc1. The van der Waals surface area contributed by atoms with Gasteiger partial charge in [-0.3, -0.25) is 0 Å². The molecule has 1 aromatic carbocycles. The molecule has 0 heterocycles. The minimum atomic E-state index is -0.221. The molecule has 126 valence electrons. The summed E-state index contributed by atoms with van der Waals surface area (Å²) >= 11 is 0. The van der Waals surface area contributed by atoms with Gasteiger partial charge in [0.25, 0.3) is 0 Å². The summed E-state index contributed by atoms with van der Waals surface area (Å²) in [5.74, 6) is 0.516. The number of hydrogen-bond acceptors (Lipinski definition) is 2. The lowest BCUT2D eigenvalue weighted by Gasteiger charge is -2.48. The molecule has 0 aliphatic carbocycles. The van der Waals surface area contributed by atoms with Crippen LogP contribution >= 0.6 is 0 Å². The molecule has 0 fully saturated rings. The van der Waals surface area contributed by atoms with E-state index in [-0.39, 0.29) is 16.6 Å². The lowest BCUT2D eigenvalue weighted by molar-refractivity contribution is -0.0755. The maximum atomic E-state index is 6.18. The van der Waals surface area contributed by atoms with Gasteiger partial charge in [0, 0.05) is 17.6 Å². The Kier molecular flexibility index (Phi) is 6.23. The first-order valence-electron chi connectivity index (χ1n) is 8.49. The summed E-state index contributed by atoms with van der Waals surface area (Å²) < 4.78 is 6.18. The largest absolute Gasteiger partial charge is 0.375 e. The van der Waals surface area contributed by atoms with Crippen molar-refractivity contribution in [2.45, 2.75) is 71.4 Å². The minimum Gasteiger partial charge on any atom is -0.375 e. The Labute approximate surface area is 137 Å². The van der Waals surface area contributed by atoms with Crippen LogP contribution in [-0.4, -0.2) is 24.8 Å². The van der Waals surface area contributed by atoms with Gasteiger partial charge in [-0.1, -0.05) is 44.2 Å². The Morgan fingerprint density at radius 3 is 2.05 bits per heavy atom. The van der Waals surface area contributed by atoms with E-state index in [9.17, 15) is 0 Å². The van der Waals surface area contributed by atoms with Crippen LogP contribution in [0.5, 0.6) is 0 Å². The van der Waals surface area contributed by atoms with Crippen molar-refractivity contribution in [1.29, 1.82) is 0 Å². The number of nitrogens with one attached hydrogen (secondary N) is 1. The fourth-order valence-electron chi connectivity index (χ4n) is 3.15. The second-order valence-electron chi connectivity index (χ2n) is 7.72. The molecule has 1 rings (SSSR count). The third kappa shape index (κ3) is 3.91. The quantitative estimate of drug-likeness (QED) is 0.746. The number of hydrogen-bond donors (Lipinski definition) is 1. The molecule has 0 aromatic heterocycles. The third-order valence-electron chi connectivity index (χ3n) is 5.84. The van der Waals surface area contributed by atoms with Crippen molar-refractivity contribution in [3.63, 3.8) is 0 Å². The molecule has 2 atom stereocenters. The second-order valence-corrected chi connectivity index (χ2v) is 7.72. The Balaban J connectivity index is 3.24. The standard InChI is InChI=1S/C20H35NO/c1-9-22-19(5,6)20(7,17-13-11-10-12-14-17)15-16(2)18(3,4)21-8/h10-14,16,21H,9,15H2,1-8H3. The van der Waals surface area contributed by atoms with Crippen LogP contribution in [0.15, 0.2) is 30.3 Å². The lowest BCUT2D eigenvalue weighted by Crippen LogP contribution is -2.52. The van der Waals surface area contributed by atoms with E-state index < -0.39 is 0 Å². The summed E-state index contributed by atoms with van der Waals surface area (Å²) in [5, 5.41) is 3.46. The van der Waals surface area contributed by atoms with Crippen molar-refractivity contribution >= 4 is 0 Å². The molecule has 1 N–H and O–H groups in total. The van der Waals surface area contributed by atoms with Gasteiger partial charge in [-0.05, 0) is 59.6 Å². The Hall–Kier alpha value is -0.860. The van der Waals surface area contributed by atoms with E-state index in [4.69, 9.17) is 4.74 Å². The molecule has 2 heteroatoms. The molecule has 0 spiro atoms. The van der Waals surface area contributed by atoms with Gasteiger partial charge in [0.15, 0.2) is 0 Å². The molecule has 0 aliphatic rings. The van der Waals surface area contributed by atoms with Crippen LogP contribution < -0.4 is 5.32 Å². The van der Waals surface area contributed by atoms with Crippen molar-refractivity contribution in [3.05, 3.63) is 35.9 Å². The molecule has 0 saturated carbocycles. The Bertz CT molecular complexity index is 452. The van der Waals surface area contributed by atoms with Gasteiger partial charge < -0.3 is 10.1 Å². The monoisotopic (exact) mass is 305 g/mol. The Morgan fingerprint density at radius 2 is 1.59 bits per heavy atom. The maximum Gasteiger partial charge on any atom is 0.0719 e. The predicted molar refractivity (Wildman–Crippen MR) is 96.4 cm³/mol. The first kappa shape index (κ1) is 19.2. The van der Waals surface area contributed by atoms with E-state index in [0.717, 1.165) is 13.0 Å². The molecule has 0 radical (unpaired) electrons. The first-order chi connectivity index (χ1) is 10.1. The molecule has 22 heavy (non-hydrogen) atoms. The average Bonchev–Trinajstić information content (AvgIpc) is 2.47. The summed E-state index contributed by atoms with van der Waals surface area (Å²) in [5.41, 5.74) is 1.18. The zero-order valence-corrected chi connectivity index (χ0v) is 15.8. The molecule has 0 bridgehead atoms. The summed E-state index contributed by atoms with van der Waals surface area (Å²) in [6, 6.07) is 10.8. The zero-order valence-electron chi connectivity index (χ0n) is 15.8. The van der Waals surface area contributed by atoms with Gasteiger partial charge in [-0.2, -0.15) is 0 Å². The van der Waals surface area contributed by atoms with Crippen LogP contribution in [0.1, 0.15) is 60.5 Å². The van der Waals surface area contributed by atoms with E-state index in [1.54, 1.807) is 0 Å². The predicted octanol–water partition coefficient (Wildman–Crippen LogP) is 4.78. The third-order valence-corrected chi connectivity index (χ3v) is 5.84. The molecule has 0 saturated heterocycles. The van der Waals surface area contributed by atoms with Crippen LogP contribution in [0, 0.1) is 5.92 Å². The molecular formula is C20H35NO. The molecule has 2 unspecified atom stereocenters. The van der Waals surface area contributed by atoms with Crippen LogP contribution in [0.2, 0.25) is 0 Å². The molecule has 0 aliphatic heterocycles. The topological polar surface area (TPSA) is 21.3 Å². The summed E-state index contributed by atoms with van der Waals surface area (Å²) in [4.78, 5) is 0. The fourth-order valence-corrected chi connectivity index (χ4v) is 3.15. The average molecular weight is 306 g/mol. The first-order valence-corrected chi connectivity index (χ1v) is 8.49. The van der Waals surface area contributed by atoms with E-state index in [1.807, 2.05) is 7.05 Å². The second kappa shape index (κ2) is 7.14. The highest BCUT2D eigenvalue weighted by Crippen LogP contribution is 2.44. The highest BCUT2D eigenvalue weighted by Gasteiger charge is 2.45. The van der Waals surface area contributed by atoms with Crippen molar-refractivity contribution in [2.24, 2.45) is 5.92 Å². The molecule has 0 amide bonds. The normalized spacial score (nSPS) is 17.1. The minimum absolute atomic E-state index is 0.0438. The highest BCUT2D eigenvalue weighted by molar-refractivity contribution is 5.28. The van der Waals surface area contributed by atoms with Crippen molar-refractivity contribution in [3.8, 4) is 0 Å². The van der Waals surface area contributed by atoms with Crippen molar-refractivity contribution < 1.29 is 4.74 Å². The smallest absolute Gasteiger partial charge is 0.0719 e. The van der Waals surface area contributed by atoms with Gasteiger partial charge in [-0.25, -0.2) is 0 Å². The van der Waals surface area contributed by atoms with Crippen molar-refractivity contribution in [2.75, 3.05) is 13.7 Å². The highest BCUT2D eigenvalue weighted by atomic mass is 16.5. The summed E-state index contributed by atoms with van der Waals surface area (Å²) in [6.07, 6.45) is 1.07. The lowest BCUT2D eigenvalue weighted by atomic mass is 9.63. The van der Waals surface area contributed by atoms with E-state index in [2.05, 4.69) is 84.1 Å². The molecule has 1 aromatic rings. The van der Waals surface area contributed by atoms with Gasteiger partial charge in [0.05, 0.1) is 5.60 Å². The zero-order chi connectivity index (χ0) is 17.0. The van der Waals surface area contributed by atoms with Crippen LogP contribution in [0.3, 0.4) is 0 Å². The van der Waals surface area contributed by atoms with Gasteiger partial charge >= 0.3 is 0 Å². The number of rotatable bonds is 8. The summed E-state index contributed by atoms with van der Waals surface area (Å²) in [6.45, 7) is 16.5. The Morgan fingerprint density at radius 1 is 1.05 bits per heavy atom. The number of benzene rings is 1. The van der Waals surface area contributed by atoms with Gasteiger partial charge in [0.1, 0.15) is 0 Å². The van der Waals surface area contributed by atoms with Gasteiger partial charge in [-0.15, -0.1) is 0 Å². The van der Waals surface area contributed by atoms with E-state index in [1.165, 1.54) is 5.56 Å². The maximum absolute atomic E-state index is 6.18. The molecule has 2 nitrogen and oxygen atoms in total. The van der Waals surface area contributed by atoms with Crippen LogP contribution in [0.25, 0.3) is 0 Å². The van der Waals surface area contributed by atoms with E-state index in [0.29, 0.717) is 5.92 Å². The number of ether oxygens (including phenoxy) is 1. The van der Waals surface area contributed by atoms with E-state index >= 15 is 0 Å². The van der Waals surface area contributed by atoms with Crippen molar-refractivity contribution in [1.82, 2.24) is 5.32 Å². The fraction of sp³-hybridized carbons (Fsp3) is 0.700. The summed E-state index contributed by atoms with van der Waals surface area (Å²) in [7, 11) is 2.05. The van der Waals surface area contributed by atoms with Crippen LogP contribution in [0.4, 0.5) is 0 Å². The van der Waals surface area contributed by atoms with Gasteiger partial charge in [0.2, 0.25) is 0 Å². The van der Waals surface area contributed by atoms with Crippen LogP contribution in [-0.2, 0) is 10.2 Å². The molecular weight excluding hydrogens is 270 g/mol.